The van der Waals surface area contributed by atoms with Crippen molar-refractivity contribution >= 4 is 23.6 Å². The first-order valence-electron chi connectivity index (χ1n) is 8.02. The van der Waals surface area contributed by atoms with Crippen LogP contribution in [0.25, 0.3) is 6.08 Å². The number of nitrogens with two attached hydrogens (primary N) is 1. The van der Waals surface area contributed by atoms with Crippen LogP contribution in [0.5, 0.6) is 5.75 Å². The van der Waals surface area contributed by atoms with Gasteiger partial charge >= 0.3 is 12.1 Å². The van der Waals surface area contributed by atoms with E-state index in [0.717, 1.165) is 11.6 Å². The number of carboxylic acid groups (broad SMARTS) is 1. The van der Waals surface area contributed by atoms with Crippen LogP contribution in [0.2, 0.25) is 5.02 Å². The van der Waals surface area contributed by atoms with Gasteiger partial charge in [0, 0.05) is 22.7 Å². The van der Waals surface area contributed by atoms with Crippen molar-refractivity contribution in [1.82, 2.24) is 0 Å². The predicted molar refractivity (Wildman–Crippen MR) is 97.8 cm³/mol. The summed E-state index contributed by atoms with van der Waals surface area (Å²) in [5, 5.41) is 9.30. The van der Waals surface area contributed by atoms with Crippen LogP contribution >= 0.6 is 11.6 Å². The van der Waals surface area contributed by atoms with E-state index < -0.39 is 23.8 Å². The Morgan fingerprint density at radius 2 is 1.89 bits per heavy atom. The van der Waals surface area contributed by atoms with Gasteiger partial charge in [0.15, 0.2) is 0 Å². The van der Waals surface area contributed by atoms with Crippen LogP contribution in [0.4, 0.5) is 13.2 Å². The Hall–Kier alpha value is -2.95. The fourth-order valence-electron chi connectivity index (χ4n) is 2.65. The SMILES string of the molecule is NCc1ccc(C#Cc2cc(Cl)cc3c2OC(C(F)(F)F)C(C(=O)O)=C3)cc1. The Morgan fingerprint density at radius 1 is 1.21 bits per heavy atom. The third-order valence-electron chi connectivity index (χ3n) is 3.99. The molecular formula is C20H13ClF3NO3. The molecular weight excluding hydrogens is 395 g/mol. The molecule has 0 fully saturated rings. The maximum atomic E-state index is 13.3. The molecule has 28 heavy (non-hydrogen) atoms. The average Bonchev–Trinajstić information content (AvgIpc) is 2.64. The largest absolute Gasteiger partial charge is 0.478 e. The summed E-state index contributed by atoms with van der Waals surface area (Å²) in [7, 11) is 0. The number of fused-ring (bicyclic) bond motifs is 1. The Labute approximate surface area is 163 Å². The summed E-state index contributed by atoms with van der Waals surface area (Å²) < 4.78 is 44.9. The highest BCUT2D eigenvalue weighted by Gasteiger charge is 2.48. The molecule has 1 heterocycles. The zero-order chi connectivity index (χ0) is 20.5. The molecule has 0 saturated carbocycles. The number of alkyl halides is 3. The van der Waals surface area contributed by atoms with Gasteiger partial charge in [0.25, 0.3) is 0 Å². The molecule has 0 bridgehead atoms. The zero-order valence-corrected chi connectivity index (χ0v) is 14.9. The van der Waals surface area contributed by atoms with Crippen molar-refractivity contribution in [2.45, 2.75) is 18.8 Å². The molecule has 2 aromatic rings. The normalized spacial score (nSPS) is 15.6. The van der Waals surface area contributed by atoms with Crippen molar-refractivity contribution in [3.63, 3.8) is 0 Å². The molecule has 1 aliphatic rings. The molecule has 0 amide bonds. The topological polar surface area (TPSA) is 72.5 Å². The number of hydrogen-bond acceptors (Lipinski definition) is 3. The first-order chi connectivity index (χ1) is 13.2. The van der Waals surface area contributed by atoms with E-state index in [4.69, 9.17) is 27.2 Å². The first-order valence-corrected chi connectivity index (χ1v) is 8.39. The molecule has 0 saturated heterocycles. The highest BCUT2D eigenvalue weighted by atomic mass is 35.5. The lowest BCUT2D eigenvalue weighted by molar-refractivity contribution is -0.187. The van der Waals surface area contributed by atoms with E-state index in [1.54, 1.807) is 24.3 Å². The number of carboxylic acids is 1. The molecule has 1 atom stereocenters. The van der Waals surface area contributed by atoms with Crippen LogP contribution < -0.4 is 10.5 Å². The van der Waals surface area contributed by atoms with Crippen LogP contribution in [0, 0.1) is 11.8 Å². The summed E-state index contributed by atoms with van der Waals surface area (Å²) in [4.78, 5) is 11.2. The Bertz CT molecular complexity index is 1020. The lowest BCUT2D eigenvalue weighted by atomic mass is 9.98. The molecule has 3 N–H and O–H groups in total. The maximum Gasteiger partial charge on any atom is 0.430 e. The van der Waals surface area contributed by atoms with Gasteiger partial charge in [-0.2, -0.15) is 13.2 Å². The fraction of sp³-hybridized carbons (Fsp3) is 0.150. The molecule has 4 nitrogen and oxygen atoms in total. The van der Waals surface area contributed by atoms with Crippen LogP contribution in [-0.2, 0) is 11.3 Å². The van der Waals surface area contributed by atoms with Crippen LogP contribution in [0.1, 0.15) is 22.3 Å². The number of ether oxygens (including phenoxy) is 1. The van der Waals surface area contributed by atoms with Gasteiger partial charge < -0.3 is 15.6 Å². The number of carbonyl (C=O) groups is 1. The van der Waals surface area contributed by atoms with Crippen LogP contribution in [0.15, 0.2) is 42.0 Å². The highest BCUT2D eigenvalue weighted by Crippen LogP contribution is 2.40. The standard InChI is InChI=1S/C20H13ClF3NO3/c21-15-7-13(6-5-11-1-3-12(10-25)4-2-11)17-14(8-15)9-16(19(26)27)18(28-17)20(22,23)24/h1-4,7-9,18H,10,25H2,(H,26,27). The second-order valence-electron chi connectivity index (χ2n) is 5.97. The third-order valence-corrected chi connectivity index (χ3v) is 4.21. The van der Waals surface area contributed by atoms with Crippen LogP contribution in [-0.4, -0.2) is 23.4 Å². The van der Waals surface area contributed by atoms with Gasteiger partial charge in [0.1, 0.15) is 5.75 Å². The van der Waals surface area contributed by atoms with Crippen molar-refractivity contribution in [2.24, 2.45) is 5.73 Å². The van der Waals surface area contributed by atoms with Crippen molar-refractivity contribution in [3.8, 4) is 17.6 Å². The monoisotopic (exact) mass is 407 g/mol. The molecule has 8 heteroatoms. The summed E-state index contributed by atoms with van der Waals surface area (Å²) >= 11 is 6.02. The molecule has 0 spiro atoms. The smallest absolute Gasteiger partial charge is 0.430 e. The van der Waals surface area contributed by atoms with Gasteiger partial charge in [0.05, 0.1) is 11.1 Å². The molecule has 144 valence electrons. The van der Waals surface area contributed by atoms with Crippen LogP contribution in [0.3, 0.4) is 0 Å². The third kappa shape index (κ3) is 4.14. The summed E-state index contributed by atoms with van der Waals surface area (Å²) in [5.74, 6) is 3.69. The molecule has 0 radical (unpaired) electrons. The minimum absolute atomic E-state index is 0.119. The quantitative estimate of drug-likeness (QED) is 0.738. The molecule has 0 aliphatic carbocycles. The van der Waals surface area contributed by atoms with Crippen molar-refractivity contribution in [2.75, 3.05) is 0 Å². The van der Waals surface area contributed by atoms with Crippen molar-refractivity contribution in [3.05, 3.63) is 69.2 Å². The number of rotatable bonds is 2. The Kier molecular flexibility index (Phi) is 5.36. The first kappa shape index (κ1) is 19.8. The second kappa shape index (κ2) is 7.58. The van der Waals surface area contributed by atoms with Crippen molar-refractivity contribution in [1.29, 1.82) is 0 Å². The number of benzene rings is 2. The van der Waals surface area contributed by atoms with Gasteiger partial charge in [-0.3, -0.25) is 0 Å². The summed E-state index contributed by atoms with van der Waals surface area (Å²) in [5.41, 5.74) is 6.39. The van der Waals surface area contributed by atoms with Gasteiger partial charge in [-0.25, -0.2) is 4.79 Å². The van der Waals surface area contributed by atoms with E-state index in [2.05, 4.69) is 11.8 Å². The summed E-state index contributed by atoms with van der Waals surface area (Å²) in [6, 6.07) is 9.73. The minimum Gasteiger partial charge on any atom is -0.478 e. The number of hydrogen-bond donors (Lipinski definition) is 2. The molecule has 0 aromatic heterocycles. The van der Waals surface area contributed by atoms with E-state index in [9.17, 15) is 18.0 Å². The fourth-order valence-corrected chi connectivity index (χ4v) is 2.88. The van der Waals surface area contributed by atoms with Gasteiger partial charge in [-0.1, -0.05) is 35.6 Å². The molecule has 3 rings (SSSR count). The second-order valence-corrected chi connectivity index (χ2v) is 6.40. The average molecular weight is 408 g/mol. The predicted octanol–water partition coefficient (Wildman–Crippen LogP) is 3.99. The van der Waals surface area contributed by atoms with Gasteiger partial charge in [-0.05, 0) is 35.9 Å². The minimum atomic E-state index is -4.90. The van der Waals surface area contributed by atoms with E-state index in [1.165, 1.54) is 12.1 Å². The van der Waals surface area contributed by atoms with E-state index in [1.807, 2.05) is 0 Å². The lowest BCUT2D eigenvalue weighted by Crippen LogP contribution is -2.40. The van der Waals surface area contributed by atoms with E-state index in [0.29, 0.717) is 12.1 Å². The molecule has 1 unspecified atom stereocenters. The van der Waals surface area contributed by atoms with E-state index >= 15 is 0 Å². The number of aliphatic carboxylic acids is 1. The summed E-state index contributed by atoms with van der Waals surface area (Å²) in [6.45, 7) is 0.375. The maximum absolute atomic E-state index is 13.3. The van der Waals surface area contributed by atoms with Crippen molar-refractivity contribution < 1.29 is 27.8 Å². The zero-order valence-electron chi connectivity index (χ0n) is 14.2. The molecule has 1 aliphatic heterocycles. The summed E-state index contributed by atoms with van der Waals surface area (Å²) in [6.07, 6.45) is -6.58. The van der Waals surface area contributed by atoms with Gasteiger partial charge in [-0.15, -0.1) is 0 Å². The van der Waals surface area contributed by atoms with E-state index in [-0.39, 0.29) is 21.9 Å². The van der Waals surface area contributed by atoms with Gasteiger partial charge in [0.2, 0.25) is 6.10 Å². The highest BCUT2D eigenvalue weighted by molar-refractivity contribution is 6.31. The Balaban J connectivity index is 2.07. The number of halogens is 4. The Morgan fingerprint density at radius 3 is 2.46 bits per heavy atom. The lowest BCUT2D eigenvalue weighted by Gasteiger charge is -2.27. The molecule has 2 aromatic carbocycles.